The van der Waals surface area contributed by atoms with Crippen LogP contribution in [0.15, 0.2) is 6.20 Å². The van der Waals surface area contributed by atoms with Crippen LogP contribution in [0.4, 0.5) is 11.4 Å². The molecule has 1 aliphatic carbocycles. The van der Waals surface area contributed by atoms with Gasteiger partial charge in [-0.15, -0.1) is 0 Å². The van der Waals surface area contributed by atoms with Gasteiger partial charge in [-0.2, -0.15) is 0 Å². The van der Waals surface area contributed by atoms with E-state index in [2.05, 4.69) is 16.8 Å². The number of nitrogens with two attached hydrogens (primary N) is 1. The van der Waals surface area contributed by atoms with Gasteiger partial charge in [-0.05, 0) is 12.8 Å². The van der Waals surface area contributed by atoms with Crippen molar-refractivity contribution in [3.63, 3.8) is 0 Å². The molecule has 0 aromatic carbocycles. The number of hydrogen-bond acceptors (Lipinski definition) is 7. The Morgan fingerprint density at radius 3 is 2.60 bits per heavy atom. The fourth-order valence-electron chi connectivity index (χ4n) is 3.91. The normalized spacial score (nSPS) is 25.4. The molecule has 1 unspecified atom stereocenters. The molecule has 1 fully saturated rings. The van der Waals surface area contributed by atoms with E-state index in [4.69, 9.17) is 15.2 Å². The van der Waals surface area contributed by atoms with Gasteiger partial charge in [0, 0.05) is 44.8 Å². The molecule has 0 amide bonds. The Balaban J connectivity index is 1.83. The van der Waals surface area contributed by atoms with Crippen molar-refractivity contribution < 1.29 is 19.1 Å². The summed E-state index contributed by atoms with van der Waals surface area (Å²) in [6, 6.07) is 0. The third kappa shape index (κ3) is 3.55. The van der Waals surface area contributed by atoms with E-state index in [0.717, 1.165) is 49.3 Å². The second-order valence-electron chi connectivity index (χ2n) is 6.92. The summed E-state index contributed by atoms with van der Waals surface area (Å²) in [6.45, 7) is 6.47. The molecule has 2 heterocycles. The van der Waals surface area contributed by atoms with Gasteiger partial charge in [0.05, 0.1) is 23.3 Å². The summed E-state index contributed by atoms with van der Waals surface area (Å²) in [5, 5.41) is 0. The van der Waals surface area contributed by atoms with Crippen molar-refractivity contribution in [3.8, 4) is 0 Å². The summed E-state index contributed by atoms with van der Waals surface area (Å²) in [6.07, 6.45) is 3.60. The number of piperidine rings is 1. The summed E-state index contributed by atoms with van der Waals surface area (Å²) in [5.74, 6) is -0.320. The van der Waals surface area contributed by atoms with Crippen LogP contribution in [0.1, 0.15) is 51.0 Å². The van der Waals surface area contributed by atoms with E-state index in [1.165, 1.54) is 13.8 Å². The van der Waals surface area contributed by atoms with E-state index in [9.17, 15) is 9.59 Å². The third-order valence-electron chi connectivity index (χ3n) is 4.94. The molecule has 2 aliphatic rings. The summed E-state index contributed by atoms with van der Waals surface area (Å²) in [4.78, 5) is 29.2. The quantitative estimate of drug-likeness (QED) is 0.836. The fraction of sp³-hybridized carbons (Fsp3) is 0.611. The summed E-state index contributed by atoms with van der Waals surface area (Å²) in [5.41, 5.74) is 9.75. The average Bonchev–Trinajstić information content (AvgIpc) is 2.91. The molecular weight excluding hydrogens is 322 g/mol. The molecular formula is C18H25N3O4. The molecule has 1 saturated heterocycles. The topological polar surface area (TPSA) is 94.8 Å². The lowest BCUT2D eigenvalue weighted by Crippen LogP contribution is -2.44. The molecule has 3 atom stereocenters. The van der Waals surface area contributed by atoms with Crippen molar-refractivity contribution in [2.45, 2.75) is 52.2 Å². The van der Waals surface area contributed by atoms with Crippen LogP contribution in [0, 0.1) is 5.92 Å². The number of pyridine rings is 1. The molecule has 2 N–H and O–H groups in total. The number of carbonyl (C=O) groups excluding carboxylic acids is 2. The molecule has 0 bridgehead atoms. The van der Waals surface area contributed by atoms with Crippen molar-refractivity contribution >= 4 is 23.3 Å². The zero-order chi connectivity index (χ0) is 18.1. The molecule has 1 aliphatic heterocycles. The monoisotopic (exact) mass is 347 g/mol. The number of ether oxygens (including phenoxy) is 2. The highest BCUT2D eigenvalue weighted by atomic mass is 16.5. The highest BCUT2D eigenvalue weighted by Gasteiger charge is 2.34. The first-order valence-corrected chi connectivity index (χ1v) is 8.73. The molecule has 7 heteroatoms. The van der Waals surface area contributed by atoms with E-state index in [0.29, 0.717) is 5.69 Å². The first kappa shape index (κ1) is 17.5. The summed E-state index contributed by atoms with van der Waals surface area (Å²) in [7, 11) is 0. The highest BCUT2D eigenvalue weighted by molar-refractivity contribution is 5.74. The first-order valence-electron chi connectivity index (χ1n) is 8.73. The number of nitrogens with zero attached hydrogens (tertiary/aromatic N) is 2. The number of nitrogen functional groups attached to an aromatic ring is 1. The minimum Gasteiger partial charge on any atom is -0.462 e. The lowest BCUT2D eigenvalue weighted by molar-refractivity contribution is -0.149. The standard InChI is InChI=1S/C18H25N3O4/c1-10-9-21(7-6-15(10)24-11(2)22)18-13-4-5-16(25-12(3)23)17(13)20-8-14(18)19/h8,10,15-16H,4-7,9,19H2,1-3H3/t10-,15-,16?/m0/s1. The number of anilines is 2. The second kappa shape index (κ2) is 6.90. The van der Waals surface area contributed by atoms with Crippen LogP contribution in [-0.2, 0) is 25.5 Å². The van der Waals surface area contributed by atoms with Gasteiger partial charge in [-0.1, -0.05) is 6.92 Å². The molecule has 0 spiro atoms. The van der Waals surface area contributed by atoms with Crippen molar-refractivity contribution in [2.24, 2.45) is 5.92 Å². The number of fused-ring (bicyclic) bond motifs is 1. The first-order chi connectivity index (χ1) is 11.9. The lowest BCUT2D eigenvalue weighted by Gasteiger charge is -2.38. The molecule has 3 rings (SSSR count). The number of carbonyl (C=O) groups is 2. The van der Waals surface area contributed by atoms with Crippen LogP contribution in [0.2, 0.25) is 0 Å². The maximum Gasteiger partial charge on any atom is 0.303 e. The van der Waals surface area contributed by atoms with Crippen molar-refractivity contribution in [2.75, 3.05) is 23.7 Å². The van der Waals surface area contributed by atoms with E-state index in [1.54, 1.807) is 6.20 Å². The molecule has 1 aromatic heterocycles. The molecule has 0 saturated carbocycles. The van der Waals surface area contributed by atoms with E-state index >= 15 is 0 Å². The van der Waals surface area contributed by atoms with Gasteiger partial charge in [0.2, 0.25) is 0 Å². The lowest BCUT2D eigenvalue weighted by atomic mass is 9.95. The fourth-order valence-corrected chi connectivity index (χ4v) is 3.91. The smallest absolute Gasteiger partial charge is 0.303 e. The number of rotatable bonds is 3. The largest absolute Gasteiger partial charge is 0.462 e. The SMILES string of the molecule is CC(=O)OC1CCc2c1ncc(N)c2N1CC[C@H](OC(C)=O)[C@@H](C)C1. The molecule has 25 heavy (non-hydrogen) atoms. The van der Waals surface area contributed by atoms with Gasteiger partial charge in [0.15, 0.2) is 0 Å². The summed E-state index contributed by atoms with van der Waals surface area (Å²) < 4.78 is 10.8. The van der Waals surface area contributed by atoms with E-state index in [1.807, 2.05) is 0 Å². The van der Waals surface area contributed by atoms with Gasteiger partial charge < -0.3 is 20.1 Å². The Kier molecular flexibility index (Phi) is 4.83. The maximum absolute atomic E-state index is 11.3. The van der Waals surface area contributed by atoms with Gasteiger partial charge >= 0.3 is 11.9 Å². The van der Waals surface area contributed by atoms with Gasteiger partial charge in [-0.25, -0.2) is 0 Å². The van der Waals surface area contributed by atoms with E-state index in [-0.39, 0.29) is 30.1 Å². The minimum atomic E-state index is -0.297. The predicted molar refractivity (Wildman–Crippen MR) is 93.0 cm³/mol. The molecule has 1 aromatic rings. The zero-order valence-corrected chi connectivity index (χ0v) is 14.9. The predicted octanol–water partition coefficient (Wildman–Crippen LogP) is 1.99. The molecule has 0 radical (unpaired) electrons. The Morgan fingerprint density at radius 1 is 1.24 bits per heavy atom. The molecule has 7 nitrogen and oxygen atoms in total. The Morgan fingerprint density at radius 2 is 1.96 bits per heavy atom. The summed E-state index contributed by atoms with van der Waals surface area (Å²) >= 11 is 0. The molecule has 136 valence electrons. The van der Waals surface area contributed by atoms with Gasteiger partial charge in [0.25, 0.3) is 0 Å². The highest BCUT2D eigenvalue weighted by Crippen LogP contribution is 2.42. The van der Waals surface area contributed by atoms with Crippen LogP contribution >= 0.6 is 0 Å². The van der Waals surface area contributed by atoms with E-state index < -0.39 is 0 Å². The minimum absolute atomic E-state index is 0.0568. The number of hydrogen-bond donors (Lipinski definition) is 1. The Bertz CT molecular complexity index is 691. The average molecular weight is 347 g/mol. The van der Waals surface area contributed by atoms with Crippen LogP contribution in [0.25, 0.3) is 0 Å². The Labute approximate surface area is 147 Å². The maximum atomic E-state index is 11.3. The van der Waals surface area contributed by atoms with Gasteiger partial charge in [0.1, 0.15) is 12.2 Å². The number of aromatic nitrogens is 1. The van der Waals surface area contributed by atoms with Crippen LogP contribution in [-0.4, -0.2) is 36.1 Å². The third-order valence-corrected chi connectivity index (χ3v) is 4.94. The van der Waals surface area contributed by atoms with Crippen molar-refractivity contribution in [1.82, 2.24) is 4.98 Å². The zero-order valence-electron chi connectivity index (χ0n) is 14.9. The number of esters is 2. The van der Waals surface area contributed by atoms with Gasteiger partial charge in [-0.3, -0.25) is 14.6 Å². The van der Waals surface area contributed by atoms with Crippen LogP contribution in [0.5, 0.6) is 0 Å². The Hall–Kier alpha value is -2.31. The van der Waals surface area contributed by atoms with Crippen molar-refractivity contribution in [1.29, 1.82) is 0 Å². The van der Waals surface area contributed by atoms with Crippen molar-refractivity contribution in [3.05, 3.63) is 17.5 Å². The van der Waals surface area contributed by atoms with Crippen LogP contribution in [0.3, 0.4) is 0 Å². The second-order valence-corrected chi connectivity index (χ2v) is 6.92. The van der Waals surface area contributed by atoms with Crippen LogP contribution < -0.4 is 10.6 Å².